The highest BCUT2D eigenvalue weighted by Gasteiger charge is 2.45. The quantitative estimate of drug-likeness (QED) is 0.521. The smallest absolute Gasteiger partial charge is 0.261 e. The highest BCUT2D eigenvalue weighted by atomic mass is 16.5. The van der Waals surface area contributed by atoms with E-state index in [9.17, 15) is 24.0 Å². The van der Waals surface area contributed by atoms with Gasteiger partial charge in [-0.2, -0.15) is 0 Å². The largest absolute Gasteiger partial charge is 0.488 e. The van der Waals surface area contributed by atoms with Gasteiger partial charge in [-0.1, -0.05) is 37.1 Å². The molecule has 226 valence electrons. The summed E-state index contributed by atoms with van der Waals surface area (Å²) < 4.78 is 6.53. The van der Waals surface area contributed by atoms with Crippen LogP contribution in [-0.4, -0.2) is 83.6 Å². The van der Waals surface area contributed by atoms with E-state index < -0.39 is 17.9 Å². The van der Waals surface area contributed by atoms with Crippen LogP contribution in [0.1, 0.15) is 76.9 Å². The highest BCUT2D eigenvalue weighted by Crippen LogP contribution is 2.42. The molecule has 4 aliphatic rings. The monoisotopic (exact) mass is 586 g/mol. The van der Waals surface area contributed by atoms with Gasteiger partial charge in [0.15, 0.2) is 0 Å². The van der Waals surface area contributed by atoms with E-state index in [-0.39, 0.29) is 42.2 Å². The number of benzene rings is 2. The number of nitrogens with one attached hydrogen (secondary N) is 1. The molecule has 1 saturated carbocycles. The SMILES string of the molecule is CNC(=O)C1CCCCC1C(=O)N1CCc2cccc(OC3CCN(C(C)=O)C3)c2[C@H]1CN1C(=O)c2ccccc2C1=O. The molecule has 10 nitrogen and oxygen atoms in total. The van der Waals surface area contributed by atoms with Crippen molar-refractivity contribution >= 4 is 29.5 Å². The van der Waals surface area contributed by atoms with Gasteiger partial charge in [-0.05, 0) is 43.0 Å². The molecule has 10 heteroatoms. The van der Waals surface area contributed by atoms with Gasteiger partial charge in [0, 0.05) is 50.9 Å². The number of nitrogens with zero attached hydrogens (tertiary/aromatic N) is 3. The summed E-state index contributed by atoms with van der Waals surface area (Å²) in [6, 6.07) is 11.9. The number of fused-ring (bicyclic) bond motifs is 2. The molecule has 4 atom stereocenters. The van der Waals surface area contributed by atoms with Gasteiger partial charge in [0.2, 0.25) is 17.7 Å². The van der Waals surface area contributed by atoms with E-state index in [0.29, 0.717) is 62.2 Å². The van der Waals surface area contributed by atoms with Crippen LogP contribution in [0.25, 0.3) is 0 Å². The van der Waals surface area contributed by atoms with E-state index in [1.807, 2.05) is 18.2 Å². The third kappa shape index (κ3) is 5.28. The van der Waals surface area contributed by atoms with Crippen LogP contribution in [0.15, 0.2) is 42.5 Å². The fraction of sp³-hybridized carbons (Fsp3) is 0.485. The van der Waals surface area contributed by atoms with E-state index in [1.165, 1.54) is 4.90 Å². The zero-order valence-corrected chi connectivity index (χ0v) is 24.7. The average molecular weight is 587 g/mol. The molecule has 2 aromatic rings. The lowest BCUT2D eigenvalue weighted by atomic mass is 9.77. The molecular formula is C33H38N4O6. The molecule has 2 aromatic carbocycles. The standard InChI is InChI=1S/C33H38N4O6/c1-20(38)35-16-15-22(18-35)43-28-13-7-8-21-14-17-36(31(40)24-10-4-3-9-23(24)30(39)34-2)27(29(21)28)19-37-32(41)25-11-5-6-12-26(25)33(37)42/h5-8,11-13,22-24,27H,3-4,9-10,14-19H2,1-2H3,(H,34,39)/t22?,23?,24?,27-/m1/s1. The molecule has 1 N–H and O–H groups in total. The molecule has 43 heavy (non-hydrogen) atoms. The first kappa shape index (κ1) is 28.9. The maximum absolute atomic E-state index is 14.4. The molecule has 0 spiro atoms. The van der Waals surface area contributed by atoms with Gasteiger partial charge in [-0.3, -0.25) is 28.9 Å². The number of carbonyl (C=O) groups is 5. The van der Waals surface area contributed by atoms with Crippen molar-refractivity contribution in [3.8, 4) is 5.75 Å². The Hall–Kier alpha value is -4.21. The predicted octanol–water partition coefficient (Wildman–Crippen LogP) is 2.96. The van der Waals surface area contributed by atoms with Crippen molar-refractivity contribution in [1.82, 2.24) is 20.0 Å². The molecule has 3 heterocycles. The van der Waals surface area contributed by atoms with Crippen molar-refractivity contribution in [2.24, 2.45) is 11.8 Å². The number of ether oxygens (including phenoxy) is 1. The summed E-state index contributed by atoms with van der Waals surface area (Å²) >= 11 is 0. The maximum Gasteiger partial charge on any atom is 0.261 e. The Balaban J connectivity index is 1.37. The minimum absolute atomic E-state index is 0.000356. The molecule has 3 unspecified atom stereocenters. The summed E-state index contributed by atoms with van der Waals surface area (Å²) in [5, 5.41) is 2.74. The molecule has 1 saturated heterocycles. The summed E-state index contributed by atoms with van der Waals surface area (Å²) in [5.74, 6) is -1.33. The predicted molar refractivity (Wildman–Crippen MR) is 157 cm³/mol. The molecule has 1 aliphatic carbocycles. The molecule has 0 aromatic heterocycles. The van der Waals surface area contributed by atoms with Crippen molar-refractivity contribution in [1.29, 1.82) is 0 Å². The van der Waals surface area contributed by atoms with Crippen LogP contribution in [0.5, 0.6) is 5.75 Å². The van der Waals surface area contributed by atoms with Crippen LogP contribution in [0.2, 0.25) is 0 Å². The first-order chi connectivity index (χ1) is 20.8. The first-order valence-corrected chi connectivity index (χ1v) is 15.3. The van der Waals surface area contributed by atoms with Gasteiger partial charge in [-0.15, -0.1) is 0 Å². The van der Waals surface area contributed by atoms with Gasteiger partial charge < -0.3 is 19.9 Å². The first-order valence-electron chi connectivity index (χ1n) is 15.3. The van der Waals surface area contributed by atoms with Crippen LogP contribution in [0, 0.1) is 11.8 Å². The Morgan fingerprint density at radius 3 is 2.26 bits per heavy atom. The van der Waals surface area contributed by atoms with Crippen LogP contribution in [-0.2, 0) is 20.8 Å². The second-order valence-electron chi connectivity index (χ2n) is 12.0. The number of amides is 5. The number of hydrogen-bond acceptors (Lipinski definition) is 6. The van der Waals surface area contributed by atoms with Crippen LogP contribution < -0.4 is 10.1 Å². The number of hydrogen-bond donors (Lipinski definition) is 1. The Morgan fingerprint density at radius 2 is 1.60 bits per heavy atom. The third-order valence-electron chi connectivity index (χ3n) is 9.55. The van der Waals surface area contributed by atoms with E-state index >= 15 is 0 Å². The summed E-state index contributed by atoms with van der Waals surface area (Å²) in [6.07, 6.45) is 4.06. The third-order valence-corrected chi connectivity index (χ3v) is 9.55. The lowest BCUT2D eigenvalue weighted by Crippen LogP contribution is -2.51. The van der Waals surface area contributed by atoms with E-state index in [1.54, 1.807) is 48.0 Å². The van der Waals surface area contributed by atoms with E-state index in [4.69, 9.17) is 4.74 Å². The van der Waals surface area contributed by atoms with Gasteiger partial charge in [0.25, 0.3) is 11.8 Å². The van der Waals surface area contributed by atoms with Crippen molar-refractivity contribution in [3.63, 3.8) is 0 Å². The van der Waals surface area contributed by atoms with Gasteiger partial charge >= 0.3 is 0 Å². The summed E-state index contributed by atoms with van der Waals surface area (Å²) in [5.41, 5.74) is 2.49. The van der Waals surface area contributed by atoms with Crippen molar-refractivity contribution in [3.05, 3.63) is 64.7 Å². The summed E-state index contributed by atoms with van der Waals surface area (Å²) in [6.45, 7) is 3.02. The second kappa shape index (κ2) is 11.8. The normalized spacial score (nSPS) is 24.9. The lowest BCUT2D eigenvalue weighted by Gasteiger charge is -2.43. The van der Waals surface area contributed by atoms with E-state index in [2.05, 4.69) is 5.32 Å². The van der Waals surface area contributed by atoms with Gasteiger partial charge in [-0.25, -0.2) is 0 Å². The zero-order valence-electron chi connectivity index (χ0n) is 24.7. The topological polar surface area (TPSA) is 116 Å². The number of rotatable bonds is 6. The zero-order chi connectivity index (χ0) is 30.2. The second-order valence-corrected chi connectivity index (χ2v) is 12.0. The summed E-state index contributed by atoms with van der Waals surface area (Å²) in [4.78, 5) is 71.0. The molecule has 3 aliphatic heterocycles. The van der Waals surface area contributed by atoms with Crippen molar-refractivity contribution in [2.45, 2.75) is 57.6 Å². The van der Waals surface area contributed by atoms with Gasteiger partial charge in [0.05, 0.1) is 30.3 Å². The van der Waals surface area contributed by atoms with Crippen molar-refractivity contribution in [2.75, 3.05) is 33.2 Å². The van der Waals surface area contributed by atoms with Crippen LogP contribution in [0.3, 0.4) is 0 Å². The fourth-order valence-electron chi connectivity index (χ4n) is 7.30. The Kier molecular flexibility index (Phi) is 7.94. The fourth-order valence-corrected chi connectivity index (χ4v) is 7.30. The minimum Gasteiger partial charge on any atom is -0.488 e. The number of imide groups is 1. The molecule has 0 radical (unpaired) electrons. The highest BCUT2D eigenvalue weighted by molar-refractivity contribution is 6.21. The summed E-state index contributed by atoms with van der Waals surface area (Å²) in [7, 11) is 1.60. The molecule has 0 bridgehead atoms. The molecule has 5 amide bonds. The molecular weight excluding hydrogens is 548 g/mol. The van der Waals surface area contributed by atoms with Crippen LogP contribution >= 0.6 is 0 Å². The molecule has 2 fully saturated rings. The Labute approximate surface area is 251 Å². The maximum atomic E-state index is 14.4. The Bertz CT molecular complexity index is 1440. The average Bonchev–Trinajstić information content (AvgIpc) is 3.59. The lowest BCUT2D eigenvalue weighted by molar-refractivity contribution is -0.146. The number of likely N-dealkylation sites (tertiary alicyclic amines) is 1. The van der Waals surface area contributed by atoms with Crippen molar-refractivity contribution < 1.29 is 28.7 Å². The minimum atomic E-state index is -0.646. The van der Waals surface area contributed by atoms with Gasteiger partial charge in [0.1, 0.15) is 11.9 Å². The van der Waals surface area contributed by atoms with E-state index in [0.717, 1.165) is 24.0 Å². The number of carbonyl (C=O) groups excluding carboxylic acids is 5. The van der Waals surface area contributed by atoms with Crippen LogP contribution in [0.4, 0.5) is 0 Å². The molecule has 6 rings (SSSR count). The Morgan fingerprint density at radius 1 is 0.907 bits per heavy atom.